The number of aromatic nitrogens is 1. The average molecular weight is 289 g/mol. The Morgan fingerprint density at radius 3 is 3.00 bits per heavy atom. The number of pyridine rings is 1. The molecule has 1 atom stereocenters. The summed E-state index contributed by atoms with van der Waals surface area (Å²) in [4.78, 5) is 6.51. The van der Waals surface area contributed by atoms with Gasteiger partial charge in [0.2, 0.25) is 0 Å². The molecule has 18 heavy (non-hydrogen) atoms. The summed E-state index contributed by atoms with van der Waals surface area (Å²) in [7, 11) is 0. The highest BCUT2D eigenvalue weighted by atomic mass is 35.5. The number of hydrogen-bond acceptors (Lipinski definition) is 3. The zero-order chi connectivity index (χ0) is 13.0. The van der Waals surface area contributed by atoms with Gasteiger partial charge in [-0.25, -0.2) is 4.98 Å². The summed E-state index contributed by atoms with van der Waals surface area (Å²) in [5.74, 6) is 0. The molecule has 1 aromatic heterocycles. The van der Waals surface area contributed by atoms with Crippen LogP contribution in [0.2, 0.25) is 10.2 Å². The molecule has 0 spiro atoms. The van der Waals surface area contributed by atoms with Crippen molar-refractivity contribution in [3.05, 3.63) is 28.0 Å². The molecule has 2 heterocycles. The standard InChI is InChI=1S/C13H18Cl2N2O/c14-12-7-13(15)16-8-10(12)9-17-5-1-3-11(17)4-2-6-18/h7-8,11,18H,1-6,9H2. The van der Waals surface area contributed by atoms with Gasteiger partial charge in [0.15, 0.2) is 0 Å². The highest BCUT2D eigenvalue weighted by Crippen LogP contribution is 2.26. The highest BCUT2D eigenvalue weighted by Gasteiger charge is 2.24. The van der Waals surface area contributed by atoms with Crippen LogP contribution in [0.3, 0.4) is 0 Å². The number of rotatable bonds is 5. The third-order valence-electron chi connectivity index (χ3n) is 3.46. The molecule has 0 aromatic carbocycles. The quantitative estimate of drug-likeness (QED) is 0.846. The molecule has 100 valence electrons. The van der Waals surface area contributed by atoms with Crippen molar-refractivity contribution in [2.24, 2.45) is 0 Å². The van der Waals surface area contributed by atoms with Gasteiger partial charge in [0.1, 0.15) is 5.15 Å². The van der Waals surface area contributed by atoms with Crippen LogP contribution in [0.5, 0.6) is 0 Å². The third-order valence-corrected chi connectivity index (χ3v) is 4.02. The summed E-state index contributed by atoms with van der Waals surface area (Å²) < 4.78 is 0. The number of aliphatic hydroxyl groups excluding tert-OH is 1. The SMILES string of the molecule is OCCCC1CCCN1Cc1cnc(Cl)cc1Cl. The van der Waals surface area contributed by atoms with Crippen LogP contribution in [0.1, 0.15) is 31.2 Å². The first-order valence-corrected chi connectivity index (χ1v) is 7.11. The van der Waals surface area contributed by atoms with Crippen molar-refractivity contribution < 1.29 is 5.11 Å². The maximum atomic E-state index is 8.91. The molecule has 1 aromatic rings. The van der Waals surface area contributed by atoms with Crippen molar-refractivity contribution in [1.82, 2.24) is 9.88 Å². The zero-order valence-electron chi connectivity index (χ0n) is 10.3. The Morgan fingerprint density at radius 2 is 2.28 bits per heavy atom. The second-order valence-electron chi connectivity index (χ2n) is 4.73. The van der Waals surface area contributed by atoms with Crippen molar-refractivity contribution in [3.8, 4) is 0 Å². The molecule has 1 fully saturated rings. The second-order valence-corrected chi connectivity index (χ2v) is 5.53. The normalized spacial score (nSPS) is 20.5. The van der Waals surface area contributed by atoms with Gasteiger partial charge < -0.3 is 5.11 Å². The van der Waals surface area contributed by atoms with E-state index in [2.05, 4.69) is 9.88 Å². The molecule has 0 radical (unpaired) electrons. The van der Waals surface area contributed by atoms with E-state index in [4.69, 9.17) is 28.3 Å². The van der Waals surface area contributed by atoms with Gasteiger partial charge in [0, 0.05) is 36.0 Å². The van der Waals surface area contributed by atoms with Crippen LogP contribution in [0.4, 0.5) is 0 Å². The Hall–Kier alpha value is -0.350. The van der Waals surface area contributed by atoms with Crippen LogP contribution < -0.4 is 0 Å². The summed E-state index contributed by atoms with van der Waals surface area (Å²) in [6.07, 6.45) is 6.10. The molecule has 0 amide bonds. The number of halogens is 2. The number of aliphatic hydroxyl groups is 1. The second kappa shape index (κ2) is 6.71. The minimum absolute atomic E-state index is 0.271. The van der Waals surface area contributed by atoms with Gasteiger partial charge in [-0.3, -0.25) is 4.90 Å². The van der Waals surface area contributed by atoms with Crippen LogP contribution in [-0.2, 0) is 6.54 Å². The van der Waals surface area contributed by atoms with E-state index in [1.165, 1.54) is 12.8 Å². The van der Waals surface area contributed by atoms with Crippen molar-refractivity contribution in [3.63, 3.8) is 0 Å². The fraction of sp³-hybridized carbons (Fsp3) is 0.615. The molecular formula is C13H18Cl2N2O. The van der Waals surface area contributed by atoms with Gasteiger partial charge in [0.05, 0.1) is 0 Å². The Labute approximate surface area is 118 Å². The monoisotopic (exact) mass is 288 g/mol. The van der Waals surface area contributed by atoms with Crippen molar-refractivity contribution >= 4 is 23.2 Å². The molecular weight excluding hydrogens is 271 g/mol. The first-order chi connectivity index (χ1) is 8.70. The zero-order valence-corrected chi connectivity index (χ0v) is 11.8. The van der Waals surface area contributed by atoms with E-state index in [-0.39, 0.29) is 6.61 Å². The summed E-state index contributed by atoms with van der Waals surface area (Å²) in [5, 5.41) is 10.0. The van der Waals surface area contributed by atoms with Crippen LogP contribution in [-0.4, -0.2) is 34.2 Å². The lowest BCUT2D eigenvalue weighted by Gasteiger charge is -2.24. The minimum atomic E-state index is 0.271. The van der Waals surface area contributed by atoms with Gasteiger partial charge in [-0.1, -0.05) is 23.2 Å². The smallest absolute Gasteiger partial charge is 0.130 e. The Balaban J connectivity index is 1.99. The summed E-state index contributed by atoms with van der Waals surface area (Å²) in [6.45, 7) is 2.18. The van der Waals surface area contributed by atoms with E-state index < -0.39 is 0 Å². The van der Waals surface area contributed by atoms with Crippen LogP contribution in [0, 0.1) is 0 Å². The Bertz CT molecular complexity index is 401. The van der Waals surface area contributed by atoms with Gasteiger partial charge in [-0.15, -0.1) is 0 Å². The van der Waals surface area contributed by atoms with Crippen molar-refractivity contribution in [2.75, 3.05) is 13.2 Å². The molecule has 1 saturated heterocycles. The van der Waals surface area contributed by atoms with Gasteiger partial charge in [0.25, 0.3) is 0 Å². The molecule has 2 rings (SSSR count). The van der Waals surface area contributed by atoms with Gasteiger partial charge >= 0.3 is 0 Å². The van der Waals surface area contributed by atoms with E-state index in [0.717, 1.165) is 31.5 Å². The molecule has 1 aliphatic heterocycles. The first-order valence-electron chi connectivity index (χ1n) is 6.35. The summed E-state index contributed by atoms with van der Waals surface area (Å²) in [6, 6.07) is 2.25. The lowest BCUT2D eigenvalue weighted by molar-refractivity contribution is 0.210. The first kappa shape index (κ1) is 14.1. The predicted octanol–water partition coefficient (Wildman–Crippen LogP) is 3.13. The lowest BCUT2D eigenvalue weighted by Crippen LogP contribution is -2.29. The Kier molecular flexibility index (Phi) is 5.25. The van der Waals surface area contributed by atoms with Crippen molar-refractivity contribution in [2.45, 2.75) is 38.3 Å². The van der Waals surface area contributed by atoms with E-state index >= 15 is 0 Å². The van der Waals surface area contributed by atoms with Crippen molar-refractivity contribution in [1.29, 1.82) is 0 Å². The lowest BCUT2D eigenvalue weighted by atomic mass is 10.1. The topological polar surface area (TPSA) is 36.4 Å². The summed E-state index contributed by atoms with van der Waals surface area (Å²) >= 11 is 12.0. The fourth-order valence-corrected chi connectivity index (χ4v) is 2.95. The molecule has 0 bridgehead atoms. The largest absolute Gasteiger partial charge is 0.396 e. The van der Waals surface area contributed by atoms with Gasteiger partial charge in [-0.2, -0.15) is 0 Å². The molecule has 3 nitrogen and oxygen atoms in total. The third kappa shape index (κ3) is 3.58. The molecule has 1 unspecified atom stereocenters. The highest BCUT2D eigenvalue weighted by molar-refractivity contribution is 6.34. The van der Waals surface area contributed by atoms with E-state index in [1.807, 2.05) is 0 Å². The van der Waals surface area contributed by atoms with Crippen LogP contribution >= 0.6 is 23.2 Å². The van der Waals surface area contributed by atoms with E-state index in [0.29, 0.717) is 16.2 Å². The fourth-order valence-electron chi connectivity index (χ4n) is 2.53. The molecule has 1 N–H and O–H groups in total. The minimum Gasteiger partial charge on any atom is -0.396 e. The number of likely N-dealkylation sites (tertiary alicyclic amines) is 1. The number of hydrogen-bond donors (Lipinski definition) is 1. The predicted molar refractivity (Wildman–Crippen MR) is 74.0 cm³/mol. The maximum Gasteiger partial charge on any atom is 0.130 e. The van der Waals surface area contributed by atoms with Crippen LogP contribution in [0.15, 0.2) is 12.3 Å². The maximum absolute atomic E-state index is 8.91. The Morgan fingerprint density at radius 1 is 1.44 bits per heavy atom. The molecule has 1 aliphatic rings. The number of nitrogens with zero attached hydrogens (tertiary/aromatic N) is 2. The summed E-state index contributed by atoms with van der Waals surface area (Å²) in [5.41, 5.74) is 1.02. The van der Waals surface area contributed by atoms with E-state index in [9.17, 15) is 0 Å². The van der Waals surface area contributed by atoms with E-state index in [1.54, 1.807) is 12.3 Å². The van der Waals surface area contributed by atoms with Crippen LogP contribution in [0.25, 0.3) is 0 Å². The molecule has 0 aliphatic carbocycles. The molecule has 5 heteroatoms. The van der Waals surface area contributed by atoms with Gasteiger partial charge in [-0.05, 0) is 38.3 Å². The molecule has 0 saturated carbocycles. The average Bonchev–Trinajstić information content (AvgIpc) is 2.77.